The van der Waals surface area contributed by atoms with Crippen molar-refractivity contribution in [2.24, 2.45) is 0 Å². The molecule has 1 fully saturated rings. The Morgan fingerprint density at radius 1 is 1.17 bits per heavy atom. The Hall–Kier alpha value is -3.46. The Labute approximate surface area is 169 Å². The van der Waals surface area contributed by atoms with E-state index in [4.69, 9.17) is 9.78 Å². The van der Waals surface area contributed by atoms with Crippen LogP contribution >= 0.6 is 0 Å². The van der Waals surface area contributed by atoms with Gasteiger partial charge in [0.2, 0.25) is 5.91 Å². The van der Waals surface area contributed by atoms with E-state index in [0.29, 0.717) is 30.2 Å². The number of aryl methyl sites for hydroxylation is 1. The SMILES string of the molecule is CCCCc1ccc(N2CC(c3noc(-c4ccc(C#N)cc4)n3)CC2=O)cc1. The highest BCUT2D eigenvalue weighted by Crippen LogP contribution is 2.31. The molecule has 0 radical (unpaired) electrons. The second kappa shape index (κ2) is 8.27. The molecule has 0 N–H and O–H groups in total. The molecule has 6 nitrogen and oxygen atoms in total. The maximum absolute atomic E-state index is 12.6. The van der Waals surface area contributed by atoms with E-state index in [-0.39, 0.29) is 11.8 Å². The molecule has 6 heteroatoms. The van der Waals surface area contributed by atoms with E-state index in [1.807, 2.05) is 12.1 Å². The summed E-state index contributed by atoms with van der Waals surface area (Å²) in [7, 11) is 0. The third-order valence-electron chi connectivity index (χ3n) is 5.26. The molecule has 1 aromatic heterocycles. The van der Waals surface area contributed by atoms with Gasteiger partial charge in [-0.05, 0) is 54.8 Å². The summed E-state index contributed by atoms with van der Waals surface area (Å²) >= 11 is 0. The predicted octanol–water partition coefficient (Wildman–Crippen LogP) is 4.47. The molecule has 2 heterocycles. The third kappa shape index (κ3) is 4.04. The van der Waals surface area contributed by atoms with Gasteiger partial charge in [0, 0.05) is 30.1 Å². The summed E-state index contributed by atoms with van der Waals surface area (Å²) < 4.78 is 5.39. The minimum Gasteiger partial charge on any atom is -0.334 e. The zero-order chi connectivity index (χ0) is 20.2. The number of carbonyl (C=O) groups is 1. The molecule has 0 bridgehead atoms. The number of aromatic nitrogens is 2. The van der Waals surface area contributed by atoms with Gasteiger partial charge in [-0.15, -0.1) is 0 Å². The number of hydrogen-bond donors (Lipinski definition) is 0. The first kappa shape index (κ1) is 18.9. The largest absolute Gasteiger partial charge is 0.334 e. The highest BCUT2D eigenvalue weighted by Gasteiger charge is 2.34. The molecule has 0 saturated carbocycles. The van der Waals surface area contributed by atoms with Crippen LogP contribution in [0.3, 0.4) is 0 Å². The number of nitriles is 1. The molecule has 3 aromatic rings. The van der Waals surface area contributed by atoms with Crippen molar-refractivity contribution >= 4 is 11.6 Å². The van der Waals surface area contributed by atoms with E-state index in [1.54, 1.807) is 29.2 Å². The summed E-state index contributed by atoms with van der Waals surface area (Å²) in [4.78, 5) is 18.9. The van der Waals surface area contributed by atoms with Crippen LogP contribution in [0.2, 0.25) is 0 Å². The lowest BCUT2D eigenvalue weighted by molar-refractivity contribution is -0.117. The molecule has 146 valence electrons. The van der Waals surface area contributed by atoms with Gasteiger partial charge < -0.3 is 9.42 Å². The minimum atomic E-state index is -0.0989. The molecule has 0 aliphatic carbocycles. The van der Waals surface area contributed by atoms with Gasteiger partial charge in [-0.3, -0.25) is 4.79 Å². The highest BCUT2D eigenvalue weighted by atomic mass is 16.5. The first-order valence-corrected chi connectivity index (χ1v) is 9.91. The average molecular weight is 386 g/mol. The zero-order valence-corrected chi connectivity index (χ0v) is 16.3. The van der Waals surface area contributed by atoms with Crippen LogP contribution in [0.25, 0.3) is 11.5 Å². The Morgan fingerprint density at radius 2 is 1.93 bits per heavy atom. The summed E-state index contributed by atoms with van der Waals surface area (Å²) in [6.07, 6.45) is 3.77. The minimum absolute atomic E-state index is 0.0704. The quantitative estimate of drug-likeness (QED) is 0.624. The number of hydrogen-bond acceptors (Lipinski definition) is 5. The molecular formula is C23H22N4O2. The Morgan fingerprint density at radius 3 is 2.62 bits per heavy atom. The fraction of sp³-hybridized carbons (Fsp3) is 0.304. The molecule has 29 heavy (non-hydrogen) atoms. The first-order valence-electron chi connectivity index (χ1n) is 9.91. The number of benzene rings is 2. The molecule has 1 saturated heterocycles. The number of amides is 1. The summed E-state index contributed by atoms with van der Waals surface area (Å²) in [6, 6.07) is 17.3. The van der Waals surface area contributed by atoms with Crippen molar-refractivity contribution in [3.8, 4) is 17.5 Å². The zero-order valence-electron chi connectivity index (χ0n) is 16.3. The van der Waals surface area contributed by atoms with Crippen molar-refractivity contribution in [2.75, 3.05) is 11.4 Å². The van der Waals surface area contributed by atoms with Crippen molar-refractivity contribution in [3.63, 3.8) is 0 Å². The van der Waals surface area contributed by atoms with Crippen LogP contribution in [-0.4, -0.2) is 22.6 Å². The van der Waals surface area contributed by atoms with Gasteiger partial charge in [-0.2, -0.15) is 10.2 Å². The molecule has 1 unspecified atom stereocenters. The van der Waals surface area contributed by atoms with E-state index in [2.05, 4.69) is 35.3 Å². The molecule has 1 amide bonds. The number of nitrogens with zero attached hydrogens (tertiary/aromatic N) is 4. The van der Waals surface area contributed by atoms with Gasteiger partial charge in [0.1, 0.15) is 0 Å². The third-order valence-corrected chi connectivity index (χ3v) is 5.26. The van der Waals surface area contributed by atoms with Crippen molar-refractivity contribution < 1.29 is 9.32 Å². The van der Waals surface area contributed by atoms with Crippen molar-refractivity contribution in [2.45, 2.75) is 38.5 Å². The molecular weight excluding hydrogens is 364 g/mol. The van der Waals surface area contributed by atoms with E-state index in [9.17, 15) is 4.79 Å². The van der Waals surface area contributed by atoms with E-state index in [0.717, 1.165) is 17.7 Å². The van der Waals surface area contributed by atoms with Crippen LogP contribution in [-0.2, 0) is 11.2 Å². The average Bonchev–Trinajstić information content (AvgIpc) is 3.40. The van der Waals surface area contributed by atoms with Crippen LogP contribution in [0.4, 0.5) is 5.69 Å². The van der Waals surface area contributed by atoms with Gasteiger partial charge in [0.15, 0.2) is 5.82 Å². The van der Waals surface area contributed by atoms with Crippen LogP contribution in [0.5, 0.6) is 0 Å². The van der Waals surface area contributed by atoms with Crippen LogP contribution < -0.4 is 4.90 Å². The second-order valence-corrected chi connectivity index (χ2v) is 7.32. The lowest BCUT2D eigenvalue weighted by Gasteiger charge is -2.16. The van der Waals surface area contributed by atoms with Gasteiger partial charge in [0.05, 0.1) is 11.6 Å². The number of rotatable bonds is 6. The maximum atomic E-state index is 12.6. The standard InChI is InChI=1S/C23H22N4O2/c1-2-3-4-16-7-11-20(12-8-16)27-15-19(13-21(27)28)22-25-23(29-26-22)18-9-5-17(14-24)6-10-18/h5-12,19H,2-4,13,15H2,1H3. The summed E-state index contributed by atoms with van der Waals surface area (Å²) in [6.45, 7) is 2.72. The summed E-state index contributed by atoms with van der Waals surface area (Å²) in [5.41, 5.74) is 3.54. The smallest absolute Gasteiger partial charge is 0.257 e. The van der Waals surface area contributed by atoms with Crippen LogP contribution in [0, 0.1) is 11.3 Å². The Kier molecular flexibility index (Phi) is 5.39. The molecule has 1 aliphatic heterocycles. The maximum Gasteiger partial charge on any atom is 0.257 e. The highest BCUT2D eigenvalue weighted by molar-refractivity contribution is 5.96. The van der Waals surface area contributed by atoms with Crippen molar-refractivity contribution in [1.29, 1.82) is 5.26 Å². The first-order chi connectivity index (χ1) is 14.2. The lowest BCUT2D eigenvalue weighted by Crippen LogP contribution is -2.24. The monoisotopic (exact) mass is 386 g/mol. The lowest BCUT2D eigenvalue weighted by atomic mass is 10.1. The predicted molar refractivity (Wildman–Crippen MR) is 109 cm³/mol. The second-order valence-electron chi connectivity index (χ2n) is 7.32. The van der Waals surface area contributed by atoms with Crippen molar-refractivity contribution in [1.82, 2.24) is 10.1 Å². The Balaban J connectivity index is 1.46. The Bertz CT molecular complexity index is 1030. The normalized spacial score (nSPS) is 16.2. The van der Waals surface area contributed by atoms with E-state index >= 15 is 0 Å². The molecule has 0 spiro atoms. The fourth-order valence-corrected chi connectivity index (χ4v) is 3.56. The van der Waals surface area contributed by atoms with Crippen LogP contribution in [0.1, 0.15) is 49.1 Å². The molecule has 4 rings (SSSR count). The van der Waals surface area contributed by atoms with Gasteiger partial charge >= 0.3 is 0 Å². The van der Waals surface area contributed by atoms with E-state index < -0.39 is 0 Å². The fourth-order valence-electron chi connectivity index (χ4n) is 3.56. The number of carbonyl (C=O) groups excluding carboxylic acids is 1. The van der Waals surface area contributed by atoms with Crippen molar-refractivity contribution in [3.05, 3.63) is 65.5 Å². The summed E-state index contributed by atoms with van der Waals surface area (Å²) in [5, 5.41) is 13.0. The number of unbranched alkanes of at least 4 members (excludes halogenated alkanes) is 1. The molecule has 2 aromatic carbocycles. The molecule has 1 atom stereocenters. The topological polar surface area (TPSA) is 83.0 Å². The number of anilines is 1. The van der Waals surface area contributed by atoms with Gasteiger partial charge in [-0.1, -0.05) is 30.6 Å². The van der Waals surface area contributed by atoms with Crippen LogP contribution in [0.15, 0.2) is 53.1 Å². The summed E-state index contributed by atoms with van der Waals surface area (Å²) in [5.74, 6) is 0.912. The van der Waals surface area contributed by atoms with Gasteiger partial charge in [-0.25, -0.2) is 0 Å². The van der Waals surface area contributed by atoms with Gasteiger partial charge in [0.25, 0.3) is 5.89 Å². The van der Waals surface area contributed by atoms with E-state index in [1.165, 1.54) is 18.4 Å². The molecule has 1 aliphatic rings.